The molecule has 0 saturated heterocycles. The number of Topliss-reactive ketones (excluding diaryl/α,β-unsaturated/α-hetero) is 1. The molecule has 0 fully saturated rings. The van der Waals surface area contributed by atoms with Crippen LogP contribution >= 0.6 is 0 Å². The van der Waals surface area contributed by atoms with Crippen LogP contribution in [0.15, 0.2) is 30.3 Å². The molecule has 2 heteroatoms. The molecule has 0 saturated carbocycles. The van der Waals surface area contributed by atoms with Gasteiger partial charge in [-0.1, -0.05) is 30.3 Å². The van der Waals surface area contributed by atoms with Gasteiger partial charge >= 0.3 is 0 Å². The van der Waals surface area contributed by atoms with Crippen molar-refractivity contribution in [1.82, 2.24) is 0 Å². The average molecular weight is 150 g/mol. The Morgan fingerprint density at radius 2 is 1.91 bits per heavy atom. The van der Waals surface area contributed by atoms with Gasteiger partial charge in [0.05, 0.1) is 6.61 Å². The summed E-state index contributed by atoms with van der Waals surface area (Å²) in [5.41, 5.74) is 0.668. The first kappa shape index (κ1) is 7.95. The lowest BCUT2D eigenvalue weighted by Gasteiger charge is -1.95. The number of hydrogen-bond donors (Lipinski definition) is 1. The fraction of sp³-hybridized carbons (Fsp3) is 0.222. The molecule has 0 spiro atoms. The first-order chi connectivity index (χ1) is 5.34. The van der Waals surface area contributed by atoms with Crippen molar-refractivity contribution < 1.29 is 9.90 Å². The third kappa shape index (κ3) is 2.16. The van der Waals surface area contributed by atoms with E-state index in [1.807, 2.05) is 18.2 Å². The molecule has 1 aromatic rings. The van der Waals surface area contributed by atoms with Gasteiger partial charge in [-0.25, -0.2) is 0 Å². The largest absolute Gasteiger partial charge is 0.396 e. The number of aliphatic hydroxyl groups is 1. The quantitative estimate of drug-likeness (QED) is 0.658. The summed E-state index contributed by atoms with van der Waals surface area (Å²) in [6.45, 7) is -0.0757. The van der Waals surface area contributed by atoms with E-state index < -0.39 is 0 Å². The van der Waals surface area contributed by atoms with Crippen LogP contribution in [0.4, 0.5) is 0 Å². The molecular weight excluding hydrogens is 140 g/mol. The molecule has 0 unspecified atom stereocenters. The van der Waals surface area contributed by atoms with E-state index in [4.69, 9.17) is 5.11 Å². The maximum Gasteiger partial charge on any atom is 0.165 e. The van der Waals surface area contributed by atoms with E-state index in [1.165, 1.54) is 0 Å². The molecule has 0 bridgehead atoms. The van der Waals surface area contributed by atoms with Gasteiger partial charge in [-0.15, -0.1) is 0 Å². The van der Waals surface area contributed by atoms with Gasteiger partial charge in [0.1, 0.15) is 0 Å². The van der Waals surface area contributed by atoms with Gasteiger partial charge in [0.15, 0.2) is 5.78 Å². The van der Waals surface area contributed by atoms with Crippen molar-refractivity contribution in [3.63, 3.8) is 0 Å². The Balaban J connectivity index is 2.69. The molecule has 0 aliphatic carbocycles. The lowest BCUT2D eigenvalue weighted by molar-refractivity contribution is 0.0956. The third-order valence-corrected chi connectivity index (χ3v) is 1.43. The van der Waals surface area contributed by atoms with Gasteiger partial charge in [-0.2, -0.15) is 0 Å². The summed E-state index contributed by atoms with van der Waals surface area (Å²) in [7, 11) is 0. The smallest absolute Gasteiger partial charge is 0.165 e. The fourth-order valence-electron chi connectivity index (χ4n) is 0.870. The predicted molar refractivity (Wildman–Crippen MR) is 42.5 cm³/mol. The summed E-state index contributed by atoms with van der Waals surface area (Å²) in [6, 6.07) is 8.97. The van der Waals surface area contributed by atoms with E-state index in [2.05, 4.69) is 0 Å². The topological polar surface area (TPSA) is 37.3 Å². The standard InChI is InChI=1S/C9H10O2/c10-7-6-9(11)8-4-2-1-3-5-8/h1-5,10H,6-7H2. The predicted octanol–water partition coefficient (Wildman–Crippen LogP) is 1.25. The minimum atomic E-state index is -0.0757. The van der Waals surface area contributed by atoms with Crippen LogP contribution in [0.1, 0.15) is 16.8 Å². The van der Waals surface area contributed by atoms with Crippen LogP contribution in [-0.4, -0.2) is 17.5 Å². The van der Waals surface area contributed by atoms with Gasteiger partial charge < -0.3 is 5.11 Å². The van der Waals surface area contributed by atoms with Gasteiger partial charge in [-0.3, -0.25) is 4.79 Å². The molecule has 0 aromatic heterocycles. The highest BCUT2D eigenvalue weighted by Gasteiger charge is 2.01. The minimum absolute atomic E-state index is 0.00639. The van der Waals surface area contributed by atoms with Crippen LogP contribution in [0, 0.1) is 0 Å². The van der Waals surface area contributed by atoms with Crippen molar-refractivity contribution >= 4 is 5.78 Å². The van der Waals surface area contributed by atoms with E-state index >= 15 is 0 Å². The SMILES string of the molecule is O=C(CCO)c1ccccc1. The van der Waals surface area contributed by atoms with Crippen molar-refractivity contribution in [1.29, 1.82) is 0 Å². The monoisotopic (exact) mass is 150 g/mol. The second kappa shape index (κ2) is 3.88. The summed E-state index contributed by atoms with van der Waals surface area (Å²) in [5.74, 6) is -0.00639. The van der Waals surface area contributed by atoms with Gasteiger partial charge in [0.2, 0.25) is 0 Å². The Morgan fingerprint density at radius 1 is 1.27 bits per heavy atom. The number of ketones is 1. The summed E-state index contributed by atoms with van der Waals surface area (Å²) < 4.78 is 0. The first-order valence-electron chi connectivity index (χ1n) is 3.53. The van der Waals surface area contributed by atoms with Crippen LogP contribution in [0.2, 0.25) is 0 Å². The molecule has 0 heterocycles. The Morgan fingerprint density at radius 3 is 2.45 bits per heavy atom. The number of carbonyl (C=O) groups is 1. The van der Waals surface area contributed by atoms with E-state index in [0.29, 0.717) is 5.56 Å². The summed E-state index contributed by atoms with van der Waals surface area (Å²) in [6.07, 6.45) is 0.212. The van der Waals surface area contributed by atoms with Crippen LogP contribution in [0.5, 0.6) is 0 Å². The molecule has 0 aliphatic heterocycles. The van der Waals surface area contributed by atoms with E-state index in [0.717, 1.165) is 0 Å². The molecule has 11 heavy (non-hydrogen) atoms. The maximum absolute atomic E-state index is 11.1. The van der Waals surface area contributed by atoms with E-state index in [9.17, 15) is 4.79 Å². The number of hydrogen-bond acceptors (Lipinski definition) is 2. The molecule has 2 nitrogen and oxygen atoms in total. The zero-order valence-corrected chi connectivity index (χ0v) is 6.16. The maximum atomic E-state index is 11.1. The van der Waals surface area contributed by atoms with Crippen molar-refractivity contribution in [2.24, 2.45) is 0 Å². The minimum Gasteiger partial charge on any atom is -0.396 e. The van der Waals surface area contributed by atoms with Crippen molar-refractivity contribution in [2.75, 3.05) is 6.61 Å². The normalized spacial score (nSPS) is 9.55. The number of carbonyl (C=O) groups excluding carboxylic acids is 1. The molecule has 1 aromatic carbocycles. The zero-order valence-electron chi connectivity index (χ0n) is 6.16. The Hall–Kier alpha value is -1.15. The lowest BCUT2D eigenvalue weighted by atomic mass is 10.1. The Labute approximate surface area is 65.5 Å². The van der Waals surface area contributed by atoms with Gasteiger partial charge in [0.25, 0.3) is 0 Å². The molecule has 0 atom stereocenters. The summed E-state index contributed by atoms with van der Waals surface area (Å²) >= 11 is 0. The lowest BCUT2D eigenvalue weighted by Crippen LogP contribution is -2.00. The van der Waals surface area contributed by atoms with Crippen LogP contribution < -0.4 is 0 Å². The number of rotatable bonds is 3. The van der Waals surface area contributed by atoms with Crippen molar-refractivity contribution in [2.45, 2.75) is 6.42 Å². The molecule has 58 valence electrons. The third-order valence-electron chi connectivity index (χ3n) is 1.43. The summed E-state index contributed by atoms with van der Waals surface area (Å²) in [4.78, 5) is 11.1. The molecule has 0 amide bonds. The zero-order chi connectivity index (χ0) is 8.10. The average Bonchev–Trinajstić information content (AvgIpc) is 2.07. The molecule has 1 rings (SSSR count). The summed E-state index contributed by atoms with van der Waals surface area (Å²) in [5, 5.41) is 8.48. The number of aliphatic hydroxyl groups excluding tert-OH is 1. The second-order valence-corrected chi connectivity index (χ2v) is 2.26. The van der Waals surface area contributed by atoms with Gasteiger partial charge in [0, 0.05) is 12.0 Å². The highest BCUT2D eigenvalue weighted by molar-refractivity contribution is 5.95. The molecular formula is C9H10O2. The van der Waals surface area contributed by atoms with Crippen LogP contribution in [-0.2, 0) is 0 Å². The van der Waals surface area contributed by atoms with Crippen LogP contribution in [0.3, 0.4) is 0 Å². The Bertz CT molecular complexity index is 229. The van der Waals surface area contributed by atoms with Crippen molar-refractivity contribution in [3.05, 3.63) is 35.9 Å². The number of benzene rings is 1. The highest BCUT2D eigenvalue weighted by atomic mass is 16.3. The highest BCUT2D eigenvalue weighted by Crippen LogP contribution is 2.01. The Kier molecular flexibility index (Phi) is 2.81. The second-order valence-electron chi connectivity index (χ2n) is 2.26. The van der Waals surface area contributed by atoms with Crippen molar-refractivity contribution in [3.8, 4) is 0 Å². The van der Waals surface area contributed by atoms with Crippen LogP contribution in [0.25, 0.3) is 0 Å². The van der Waals surface area contributed by atoms with E-state index in [1.54, 1.807) is 12.1 Å². The van der Waals surface area contributed by atoms with E-state index in [-0.39, 0.29) is 18.8 Å². The molecule has 0 aliphatic rings. The van der Waals surface area contributed by atoms with Gasteiger partial charge in [-0.05, 0) is 0 Å². The molecule has 0 radical (unpaired) electrons. The molecule has 1 N–H and O–H groups in total. The fourth-order valence-corrected chi connectivity index (χ4v) is 0.870. The first-order valence-corrected chi connectivity index (χ1v) is 3.53.